The van der Waals surface area contributed by atoms with Crippen LogP contribution in [-0.2, 0) is 16.3 Å². The highest BCUT2D eigenvalue weighted by atomic mass is 127. The zero-order valence-corrected chi connectivity index (χ0v) is 13.2. The molecule has 1 fully saturated rings. The molecular weight excluding hydrogens is 361 g/mol. The Balaban J connectivity index is 2.07. The Kier molecular flexibility index (Phi) is 4.66. The van der Waals surface area contributed by atoms with E-state index in [4.69, 9.17) is 5.73 Å². The molecule has 0 aliphatic carbocycles. The van der Waals surface area contributed by atoms with E-state index in [9.17, 15) is 8.42 Å². The van der Waals surface area contributed by atoms with Crippen LogP contribution in [0.1, 0.15) is 24.8 Å². The normalized spacial score (nSPS) is 24.7. The molecule has 1 heterocycles. The van der Waals surface area contributed by atoms with Gasteiger partial charge in [-0.3, -0.25) is 0 Å². The Bertz CT molecular complexity index is 498. The van der Waals surface area contributed by atoms with Crippen molar-refractivity contribution in [3.63, 3.8) is 0 Å². The highest BCUT2D eigenvalue weighted by molar-refractivity contribution is 14.1. The van der Waals surface area contributed by atoms with Crippen LogP contribution in [0.4, 0.5) is 0 Å². The SMILES string of the molecule is NC(Cc1ccc(I)cc1)C1CCCCS1(=O)=O. The van der Waals surface area contributed by atoms with E-state index in [2.05, 4.69) is 22.6 Å². The van der Waals surface area contributed by atoms with Crippen molar-refractivity contribution in [1.82, 2.24) is 0 Å². The van der Waals surface area contributed by atoms with Crippen molar-refractivity contribution >= 4 is 32.4 Å². The highest BCUT2D eigenvalue weighted by Gasteiger charge is 2.33. The third-order valence-electron chi connectivity index (χ3n) is 3.49. The summed E-state index contributed by atoms with van der Waals surface area (Å²) >= 11 is 2.25. The lowest BCUT2D eigenvalue weighted by molar-refractivity contribution is 0.495. The maximum absolute atomic E-state index is 12.0. The maximum Gasteiger partial charge on any atom is 0.154 e. The zero-order valence-electron chi connectivity index (χ0n) is 10.2. The minimum atomic E-state index is -2.98. The topological polar surface area (TPSA) is 60.2 Å². The first kappa shape index (κ1) is 14.3. The molecule has 3 nitrogen and oxygen atoms in total. The molecule has 1 aliphatic rings. The second kappa shape index (κ2) is 5.88. The molecule has 1 aliphatic heterocycles. The van der Waals surface area contributed by atoms with Gasteiger partial charge in [0.05, 0.1) is 11.0 Å². The molecule has 0 radical (unpaired) electrons. The van der Waals surface area contributed by atoms with Gasteiger partial charge in [0.15, 0.2) is 9.84 Å². The van der Waals surface area contributed by atoms with Crippen LogP contribution in [0.2, 0.25) is 0 Å². The van der Waals surface area contributed by atoms with Crippen LogP contribution in [0.25, 0.3) is 0 Å². The van der Waals surface area contributed by atoms with Crippen molar-refractivity contribution in [3.8, 4) is 0 Å². The van der Waals surface area contributed by atoms with Gasteiger partial charge in [0.25, 0.3) is 0 Å². The van der Waals surface area contributed by atoms with Crippen LogP contribution in [0.5, 0.6) is 0 Å². The average Bonchev–Trinajstić information content (AvgIpc) is 2.31. The van der Waals surface area contributed by atoms with Crippen molar-refractivity contribution in [2.45, 2.75) is 37.0 Å². The summed E-state index contributed by atoms with van der Waals surface area (Å²) in [6.45, 7) is 0. The fraction of sp³-hybridized carbons (Fsp3) is 0.538. The van der Waals surface area contributed by atoms with Gasteiger partial charge in [-0.1, -0.05) is 18.6 Å². The Hall–Kier alpha value is -0.140. The molecule has 2 N–H and O–H groups in total. The fourth-order valence-electron chi connectivity index (χ4n) is 2.48. The third-order valence-corrected chi connectivity index (χ3v) is 6.58. The van der Waals surface area contributed by atoms with Gasteiger partial charge < -0.3 is 5.73 Å². The summed E-state index contributed by atoms with van der Waals surface area (Å²) in [7, 11) is -2.98. The smallest absolute Gasteiger partial charge is 0.154 e. The Morgan fingerprint density at radius 1 is 1.28 bits per heavy atom. The van der Waals surface area contributed by atoms with E-state index < -0.39 is 9.84 Å². The molecule has 1 saturated heterocycles. The second-order valence-electron chi connectivity index (χ2n) is 4.90. The number of hydrogen-bond acceptors (Lipinski definition) is 3. The molecule has 0 amide bonds. The van der Waals surface area contributed by atoms with Gasteiger partial charge in [0.1, 0.15) is 0 Å². The fourth-order valence-corrected chi connectivity index (χ4v) is 4.91. The quantitative estimate of drug-likeness (QED) is 0.819. The lowest BCUT2D eigenvalue weighted by Gasteiger charge is -2.27. The molecule has 2 unspecified atom stereocenters. The number of rotatable bonds is 3. The van der Waals surface area contributed by atoms with E-state index in [1.54, 1.807) is 0 Å². The Morgan fingerprint density at radius 2 is 1.94 bits per heavy atom. The van der Waals surface area contributed by atoms with Crippen molar-refractivity contribution in [2.75, 3.05) is 5.75 Å². The molecule has 0 saturated carbocycles. The van der Waals surface area contributed by atoms with E-state index in [1.165, 1.54) is 3.57 Å². The monoisotopic (exact) mass is 379 g/mol. The molecule has 2 atom stereocenters. The first-order chi connectivity index (χ1) is 8.49. The van der Waals surface area contributed by atoms with E-state index in [-0.39, 0.29) is 11.3 Å². The van der Waals surface area contributed by atoms with Gasteiger partial charge in [0, 0.05) is 9.61 Å². The van der Waals surface area contributed by atoms with Gasteiger partial charge in [-0.15, -0.1) is 0 Å². The number of nitrogens with two attached hydrogens (primary N) is 1. The summed E-state index contributed by atoms with van der Waals surface area (Å²) in [5, 5.41) is -0.356. The second-order valence-corrected chi connectivity index (χ2v) is 8.48. The van der Waals surface area contributed by atoms with E-state index >= 15 is 0 Å². The van der Waals surface area contributed by atoms with Crippen molar-refractivity contribution in [2.24, 2.45) is 5.73 Å². The van der Waals surface area contributed by atoms with Gasteiger partial charge in [0.2, 0.25) is 0 Å². The van der Waals surface area contributed by atoms with Crippen LogP contribution in [0.15, 0.2) is 24.3 Å². The van der Waals surface area contributed by atoms with Crippen LogP contribution in [0, 0.1) is 3.57 Å². The van der Waals surface area contributed by atoms with Crippen molar-refractivity contribution in [1.29, 1.82) is 0 Å². The summed E-state index contributed by atoms with van der Waals surface area (Å²) in [4.78, 5) is 0. The highest BCUT2D eigenvalue weighted by Crippen LogP contribution is 2.23. The largest absolute Gasteiger partial charge is 0.326 e. The van der Waals surface area contributed by atoms with Gasteiger partial charge in [-0.25, -0.2) is 8.42 Å². The minimum Gasteiger partial charge on any atom is -0.326 e. The van der Waals surface area contributed by atoms with E-state index in [1.807, 2.05) is 24.3 Å². The van der Waals surface area contributed by atoms with Gasteiger partial charge in [-0.2, -0.15) is 0 Å². The number of hydrogen-bond donors (Lipinski definition) is 1. The number of halogens is 1. The average molecular weight is 379 g/mol. The van der Waals surface area contributed by atoms with Crippen LogP contribution in [-0.4, -0.2) is 25.5 Å². The Morgan fingerprint density at radius 3 is 2.56 bits per heavy atom. The predicted molar refractivity (Wildman–Crippen MR) is 82.3 cm³/mol. The van der Waals surface area contributed by atoms with Crippen molar-refractivity contribution in [3.05, 3.63) is 33.4 Å². The molecule has 0 bridgehead atoms. The first-order valence-corrected chi connectivity index (χ1v) is 9.00. The van der Waals surface area contributed by atoms with Crippen LogP contribution >= 0.6 is 22.6 Å². The summed E-state index contributed by atoms with van der Waals surface area (Å²) < 4.78 is 25.1. The minimum absolute atomic E-state index is 0.282. The molecule has 2 rings (SSSR count). The van der Waals surface area contributed by atoms with Gasteiger partial charge >= 0.3 is 0 Å². The third kappa shape index (κ3) is 3.45. The standard InChI is InChI=1S/C13H18INO2S/c14-11-6-4-10(5-7-11)9-12(15)13-3-1-2-8-18(13,16)17/h4-7,12-13H,1-3,8-9,15H2. The zero-order chi connectivity index (χ0) is 13.2. The molecular formula is C13H18INO2S. The number of sulfone groups is 1. The molecule has 1 aromatic carbocycles. The molecule has 0 aromatic heterocycles. The Labute approximate surface area is 122 Å². The molecule has 100 valence electrons. The summed E-state index contributed by atoms with van der Waals surface area (Å²) in [6.07, 6.45) is 3.12. The predicted octanol–water partition coefficient (Wildman–Crippen LogP) is 2.13. The molecule has 18 heavy (non-hydrogen) atoms. The van der Waals surface area contributed by atoms with E-state index in [0.29, 0.717) is 18.6 Å². The molecule has 0 spiro atoms. The lowest BCUT2D eigenvalue weighted by atomic mass is 10.0. The summed E-state index contributed by atoms with van der Waals surface area (Å²) in [6, 6.07) is 7.82. The van der Waals surface area contributed by atoms with Crippen LogP contribution < -0.4 is 5.73 Å². The summed E-state index contributed by atoms with van der Waals surface area (Å²) in [5.41, 5.74) is 7.23. The molecule has 1 aromatic rings. The molecule has 5 heteroatoms. The van der Waals surface area contributed by atoms with Crippen molar-refractivity contribution < 1.29 is 8.42 Å². The lowest BCUT2D eigenvalue weighted by Crippen LogP contribution is -2.44. The maximum atomic E-state index is 12.0. The van der Waals surface area contributed by atoms with Crippen LogP contribution in [0.3, 0.4) is 0 Å². The summed E-state index contributed by atoms with van der Waals surface area (Å²) in [5.74, 6) is 0.304. The number of benzene rings is 1. The van der Waals surface area contributed by atoms with Gasteiger partial charge in [-0.05, 0) is 59.5 Å². The first-order valence-electron chi connectivity index (χ1n) is 6.20. The van der Waals surface area contributed by atoms with E-state index in [0.717, 1.165) is 18.4 Å².